The number of nitrogens with zero attached hydrogens (tertiary/aromatic N) is 3. The second-order valence-corrected chi connectivity index (χ2v) is 8.33. The van der Waals surface area contributed by atoms with Gasteiger partial charge >= 0.3 is 0 Å². The Morgan fingerprint density at radius 2 is 2.00 bits per heavy atom. The number of rotatable bonds is 6. The normalized spacial score (nSPS) is 16.7. The molecule has 0 aliphatic carbocycles. The summed E-state index contributed by atoms with van der Waals surface area (Å²) in [5.41, 5.74) is 2.61. The van der Waals surface area contributed by atoms with Crippen LogP contribution >= 0.6 is 23.2 Å². The molecule has 2 amide bonds. The molecule has 156 valence electrons. The van der Waals surface area contributed by atoms with Crippen molar-refractivity contribution < 1.29 is 9.59 Å². The van der Waals surface area contributed by atoms with Gasteiger partial charge in [-0.25, -0.2) is 0 Å². The Morgan fingerprint density at radius 1 is 1.21 bits per heavy atom. The summed E-state index contributed by atoms with van der Waals surface area (Å²) in [6, 6.07) is 6.91. The lowest BCUT2D eigenvalue weighted by Gasteiger charge is -2.32. The summed E-state index contributed by atoms with van der Waals surface area (Å²) in [5.74, 6) is -0.306. The molecular weight excluding hydrogens is 411 g/mol. The highest BCUT2D eigenvalue weighted by Crippen LogP contribution is 2.25. The molecule has 1 unspecified atom stereocenters. The van der Waals surface area contributed by atoms with E-state index in [0.29, 0.717) is 35.2 Å². The molecule has 6 nitrogen and oxygen atoms in total. The van der Waals surface area contributed by atoms with Crippen molar-refractivity contribution in [3.8, 4) is 0 Å². The molecule has 1 N–H and O–H groups in total. The largest absolute Gasteiger partial charge is 0.356 e. The van der Waals surface area contributed by atoms with E-state index in [-0.39, 0.29) is 17.7 Å². The number of likely N-dealkylation sites (tertiary alicyclic amines) is 1. The third-order valence-corrected chi connectivity index (χ3v) is 5.93. The maximum atomic E-state index is 12.8. The number of aromatic nitrogens is 2. The second-order valence-electron chi connectivity index (χ2n) is 7.51. The van der Waals surface area contributed by atoms with Crippen LogP contribution in [0.2, 0.25) is 10.0 Å². The van der Waals surface area contributed by atoms with Gasteiger partial charge in [0.1, 0.15) is 0 Å². The van der Waals surface area contributed by atoms with E-state index in [1.807, 2.05) is 24.6 Å². The molecule has 0 radical (unpaired) electrons. The zero-order valence-corrected chi connectivity index (χ0v) is 18.3. The summed E-state index contributed by atoms with van der Waals surface area (Å²) in [7, 11) is 0. The van der Waals surface area contributed by atoms with Gasteiger partial charge in [-0.05, 0) is 57.4 Å². The molecule has 1 aliphatic rings. The summed E-state index contributed by atoms with van der Waals surface area (Å²) in [4.78, 5) is 27.1. The van der Waals surface area contributed by atoms with E-state index in [1.54, 1.807) is 23.1 Å². The van der Waals surface area contributed by atoms with Crippen molar-refractivity contribution in [3.05, 3.63) is 51.3 Å². The van der Waals surface area contributed by atoms with Crippen molar-refractivity contribution in [2.75, 3.05) is 19.6 Å². The summed E-state index contributed by atoms with van der Waals surface area (Å²) in [6.45, 7) is 6.42. The Hall–Kier alpha value is -2.05. The molecule has 1 aromatic carbocycles. The van der Waals surface area contributed by atoms with Crippen molar-refractivity contribution in [2.24, 2.45) is 5.92 Å². The first-order chi connectivity index (χ1) is 13.8. The van der Waals surface area contributed by atoms with Crippen molar-refractivity contribution in [3.63, 3.8) is 0 Å². The number of amides is 2. The predicted molar refractivity (Wildman–Crippen MR) is 114 cm³/mol. The molecule has 2 heterocycles. The Morgan fingerprint density at radius 3 is 2.69 bits per heavy atom. The molecular formula is C21H26Cl2N4O2. The van der Waals surface area contributed by atoms with Crippen LogP contribution in [0, 0.1) is 19.8 Å². The maximum Gasteiger partial charge on any atom is 0.253 e. The molecule has 8 heteroatoms. The van der Waals surface area contributed by atoms with Crippen LogP contribution in [0.5, 0.6) is 0 Å². The van der Waals surface area contributed by atoms with Gasteiger partial charge in [-0.1, -0.05) is 23.2 Å². The minimum absolute atomic E-state index is 0.00464. The molecule has 0 spiro atoms. The molecule has 29 heavy (non-hydrogen) atoms. The van der Waals surface area contributed by atoms with E-state index in [2.05, 4.69) is 10.4 Å². The van der Waals surface area contributed by atoms with E-state index in [9.17, 15) is 9.59 Å². The first kappa shape index (κ1) is 21.7. The van der Waals surface area contributed by atoms with E-state index >= 15 is 0 Å². The Balaban J connectivity index is 1.49. The van der Waals surface area contributed by atoms with Crippen LogP contribution in [0.25, 0.3) is 0 Å². The first-order valence-electron chi connectivity index (χ1n) is 9.88. The SMILES string of the molecule is Cc1cc(C)n(CCCNC(=O)C2CCCN(C(=O)c3ccc(Cl)c(Cl)c3)C2)n1. The number of hydrogen-bond donors (Lipinski definition) is 1. The molecule has 1 aliphatic heterocycles. The van der Waals surface area contributed by atoms with E-state index in [0.717, 1.165) is 37.2 Å². The van der Waals surface area contributed by atoms with Gasteiger partial charge in [0.2, 0.25) is 5.91 Å². The van der Waals surface area contributed by atoms with Crippen molar-refractivity contribution >= 4 is 35.0 Å². The number of carbonyl (C=O) groups excluding carboxylic acids is 2. The van der Waals surface area contributed by atoms with Gasteiger partial charge in [0, 0.05) is 37.4 Å². The van der Waals surface area contributed by atoms with Crippen molar-refractivity contribution in [1.82, 2.24) is 20.0 Å². The lowest BCUT2D eigenvalue weighted by atomic mass is 9.96. The third-order valence-electron chi connectivity index (χ3n) is 5.20. The lowest BCUT2D eigenvalue weighted by Crippen LogP contribution is -2.45. The predicted octanol–water partition coefficient (Wildman–Crippen LogP) is 3.87. The fourth-order valence-corrected chi connectivity index (χ4v) is 3.97. The minimum atomic E-state index is -0.191. The second kappa shape index (κ2) is 9.63. The zero-order valence-electron chi connectivity index (χ0n) is 16.8. The molecule has 0 bridgehead atoms. The van der Waals surface area contributed by atoms with Gasteiger partial charge in [0.25, 0.3) is 5.91 Å². The van der Waals surface area contributed by atoms with Crippen LogP contribution in [0.1, 0.15) is 41.0 Å². The average Bonchev–Trinajstić information content (AvgIpc) is 3.03. The number of halogens is 2. The van der Waals surface area contributed by atoms with Crippen LogP contribution in [-0.4, -0.2) is 46.1 Å². The number of hydrogen-bond acceptors (Lipinski definition) is 3. The summed E-state index contributed by atoms with van der Waals surface area (Å²) < 4.78 is 1.96. The molecule has 0 saturated carbocycles. The van der Waals surface area contributed by atoms with Gasteiger partial charge < -0.3 is 10.2 Å². The topological polar surface area (TPSA) is 67.2 Å². The smallest absolute Gasteiger partial charge is 0.253 e. The standard InChI is InChI=1S/C21H26Cl2N4O2/c1-14-11-15(2)27(25-14)10-4-8-24-20(28)17-5-3-9-26(13-17)21(29)16-6-7-18(22)19(23)12-16/h6-7,11-12,17H,3-5,8-10,13H2,1-2H3,(H,24,28). The molecule has 3 rings (SSSR count). The van der Waals surface area contributed by atoms with Crippen LogP contribution in [0.4, 0.5) is 0 Å². The average molecular weight is 437 g/mol. The van der Waals surface area contributed by atoms with Crippen LogP contribution in [0.3, 0.4) is 0 Å². The van der Waals surface area contributed by atoms with E-state index < -0.39 is 0 Å². The molecule has 1 atom stereocenters. The number of piperidine rings is 1. The van der Waals surface area contributed by atoms with Gasteiger partial charge in [-0.15, -0.1) is 0 Å². The van der Waals surface area contributed by atoms with Gasteiger partial charge in [-0.2, -0.15) is 5.10 Å². The number of aryl methyl sites for hydroxylation is 3. The fraction of sp³-hybridized carbons (Fsp3) is 0.476. The number of nitrogens with one attached hydrogen (secondary N) is 1. The molecule has 1 aromatic heterocycles. The molecule has 1 fully saturated rings. The highest BCUT2D eigenvalue weighted by Gasteiger charge is 2.29. The number of carbonyl (C=O) groups is 2. The Labute approximate surface area is 181 Å². The van der Waals surface area contributed by atoms with E-state index in [1.165, 1.54) is 0 Å². The third kappa shape index (κ3) is 5.52. The van der Waals surface area contributed by atoms with Crippen LogP contribution in [-0.2, 0) is 11.3 Å². The monoisotopic (exact) mass is 436 g/mol. The minimum Gasteiger partial charge on any atom is -0.356 e. The quantitative estimate of drug-likeness (QED) is 0.698. The van der Waals surface area contributed by atoms with Crippen molar-refractivity contribution in [1.29, 1.82) is 0 Å². The van der Waals surface area contributed by atoms with Gasteiger partial charge in [0.15, 0.2) is 0 Å². The summed E-state index contributed by atoms with van der Waals surface area (Å²) in [6.07, 6.45) is 2.40. The molecule has 1 saturated heterocycles. The van der Waals surface area contributed by atoms with E-state index in [4.69, 9.17) is 23.2 Å². The highest BCUT2D eigenvalue weighted by atomic mass is 35.5. The highest BCUT2D eigenvalue weighted by molar-refractivity contribution is 6.42. The first-order valence-corrected chi connectivity index (χ1v) is 10.6. The molecule has 2 aromatic rings. The zero-order chi connectivity index (χ0) is 21.0. The van der Waals surface area contributed by atoms with Gasteiger partial charge in [-0.3, -0.25) is 14.3 Å². The summed E-state index contributed by atoms with van der Waals surface area (Å²) in [5, 5.41) is 8.21. The van der Waals surface area contributed by atoms with Crippen LogP contribution < -0.4 is 5.32 Å². The Kier molecular flexibility index (Phi) is 7.19. The van der Waals surface area contributed by atoms with Gasteiger partial charge in [0.05, 0.1) is 21.7 Å². The summed E-state index contributed by atoms with van der Waals surface area (Å²) >= 11 is 12.0. The lowest BCUT2D eigenvalue weighted by molar-refractivity contribution is -0.126. The number of benzene rings is 1. The van der Waals surface area contributed by atoms with Crippen LogP contribution in [0.15, 0.2) is 24.3 Å². The fourth-order valence-electron chi connectivity index (χ4n) is 3.67. The maximum absolute atomic E-state index is 12.8. The van der Waals surface area contributed by atoms with Crippen molar-refractivity contribution in [2.45, 2.75) is 39.7 Å². The Bertz CT molecular complexity index is 897.